The number of hydrogen-bond acceptors (Lipinski definition) is 4. The summed E-state index contributed by atoms with van der Waals surface area (Å²) in [4.78, 5) is 14.3. The summed E-state index contributed by atoms with van der Waals surface area (Å²) in [7, 11) is 8.54. The van der Waals surface area contributed by atoms with Crippen LogP contribution in [0.5, 0.6) is 0 Å². The quantitative estimate of drug-likeness (QED) is 0.462. The molecule has 0 radical (unpaired) electrons. The summed E-state index contributed by atoms with van der Waals surface area (Å²) in [5.74, 6) is 2.23. The topological polar surface area (TPSA) is 42.1 Å². The standard InChI is InChI=1S/C23H30N6/c1-26(16-22-24-18-10-5-7-12-20(18)28(22)3)14-9-15-27(2)17-23-25-19-11-6-8-13-21(19)29(23)4/h5-8,10-13H,9,14-17H2,1-4H3. The highest BCUT2D eigenvalue weighted by Crippen LogP contribution is 2.16. The third-order valence-corrected chi connectivity index (χ3v) is 5.66. The van der Waals surface area contributed by atoms with Crippen molar-refractivity contribution in [2.24, 2.45) is 14.1 Å². The van der Waals surface area contributed by atoms with E-state index in [2.05, 4.69) is 83.5 Å². The largest absolute Gasteiger partial charge is 0.330 e. The van der Waals surface area contributed by atoms with Gasteiger partial charge in [0.25, 0.3) is 0 Å². The first kappa shape index (κ1) is 19.6. The lowest BCUT2D eigenvalue weighted by Crippen LogP contribution is -2.26. The van der Waals surface area contributed by atoms with Gasteiger partial charge in [0.05, 0.1) is 35.2 Å². The lowest BCUT2D eigenvalue weighted by molar-refractivity contribution is 0.261. The molecule has 0 aliphatic heterocycles. The number of para-hydroxylation sites is 4. The molecule has 0 aliphatic rings. The highest BCUT2D eigenvalue weighted by atomic mass is 15.2. The number of imidazole rings is 2. The molecule has 2 aromatic heterocycles. The average Bonchev–Trinajstić information content (AvgIpc) is 3.19. The van der Waals surface area contributed by atoms with Gasteiger partial charge in [-0.3, -0.25) is 9.80 Å². The van der Waals surface area contributed by atoms with Gasteiger partial charge in [0.15, 0.2) is 0 Å². The maximum Gasteiger partial charge on any atom is 0.123 e. The number of fused-ring (bicyclic) bond motifs is 2. The molecule has 0 saturated carbocycles. The van der Waals surface area contributed by atoms with Crippen molar-refractivity contribution in [3.05, 3.63) is 60.2 Å². The molecule has 0 spiro atoms. The molecule has 0 fully saturated rings. The van der Waals surface area contributed by atoms with Crippen LogP contribution in [0.2, 0.25) is 0 Å². The first-order valence-electron chi connectivity index (χ1n) is 10.2. The lowest BCUT2D eigenvalue weighted by Gasteiger charge is -2.20. The fraction of sp³-hybridized carbons (Fsp3) is 0.391. The van der Waals surface area contributed by atoms with E-state index in [1.807, 2.05) is 12.1 Å². The van der Waals surface area contributed by atoms with Crippen molar-refractivity contribution in [2.75, 3.05) is 27.2 Å². The predicted octanol–water partition coefficient (Wildman–Crippen LogP) is 3.41. The number of benzene rings is 2. The number of hydrogen-bond donors (Lipinski definition) is 0. The van der Waals surface area contributed by atoms with Gasteiger partial charge in [-0.05, 0) is 57.9 Å². The summed E-state index contributed by atoms with van der Waals surface area (Å²) in [6, 6.07) is 16.6. The second kappa shape index (κ2) is 8.35. The van der Waals surface area contributed by atoms with Crippen molar-refractivity contribution in [3.8, 4) is 0 Å². The van der Waals surface area contributed by atoms with Crippen molar-refractivity contribution in [1.29, 1.82) is 0 Å². The van der Waals surface area contributed by atoms with Crippen LogP contribution in [-0.4, -0.2) is 56.1 Å². The van der Waals surface area contributed by atoms with E-state index in [1.165, 1.54) is 11.0 Å². The van der Waals surface area contributed by atoms with E-state index >= 15 is 0 Å². The fourth-order valence-corrected chi connectivity index (χ4v) is 3.93. The van der Waals surface area contributed by atoms with Gasteiger partial charge < -0.3 is 9.13 Å². The summed E-state index contributed by atoms with van der Waals surface area (Å²) in [6.45, 7) is 3.80. The molecule has 29 heavy (non-hydrogen) atoms. The first-order valence-corrected chi connectivity index (χ1v) is 10.2. The van der Waals surface area contributed by atoms with Crippen molar-refractivity contribution in [2.45, 2.75) is 19.5 Å². The van der Waals surface area contributed by atoms with Crippen molar-refractivity contribution in [3.63, 3.8) is 0 Å². The van der Waals surface area contributed by atoms with Crippen molar-refractivity contribution in [1.82, 2.24) is 28.9 Å². The SMILES string of the molecule is CN(CCCN(C)Cc1nc2ccccc2n1C)Cc1nc2ccccc2n1C. The minimum Gasteiger partial charge on any atom is -0.330 e. The molecule has 0 saturated heterocycles. The number of aromatic nitrogens is 4. The first-order chi connectivity index (χ1) is 14.0. The van der Waals surface area contributed by atoms with Crippen LogP contribution >= 0.6 is 0 Å². The minimum absolute atomic E-state index is 0.861. The van der Waals surface area contributed by atoms with E-state index in [0.29, 0.717) is 0 Å². The number of nitrogens with zero attached hydrogens (tertiary/aromatic N) is 6. The van der Waals surface area contributed by atoms with Crippen molar-refractivity contribution < 1.29 is 0 Å². The maximum absolute atomic E-state index is 4.78. The van der Waals surface area contributed by atoms with E-state index in [0.717, 1.165) is 55.3 Å². The molecule has 2 aromatic carbocycles. The molecular weight excluding hydrogens is 360 g/mol. The number of rotatable bonds is 8. The van der Waals surface area contributed by atoms with E-state index in [-0.39, 0.29) is 0 Å². The maximum atomic E-state index is 4.78. The molecule has 0 N–H and O–H groups in total. The van der Waals surface area contributed by atoms with Crippen molar-refractivity contribution >= 4 is 22.1 Å². The van der Waals surface area contributed by atoms with Gasteiger partial charge in [-0.25, -0.2) is 9.97 Å². The van der Waals surface area contributed by atoms with Gasteiger partial charge in [-0.15, -0.1) is 0 Å². The Balaban J connectivity index is 1.28. The Labute approximate surface area is 172 Å². The molecule has 0 amide bonds. The van der Waals surface area contributed by atoms with Crippen LogP contribution < -0.4 is 0 Å². The molecule has 6 heteroatoms. The van der Waals surface area contributed by atoms with E-state index < -0.39 is 0 Å². The molecule has 152 valence electrons. The summed E-state index contributed by atoms with van der Waals surface area (Å²) >= 11 is 0. The molecule has 0 aliphatic carbocycles. The molecule has 4 aromatic rings. The summed E-state index contributed by atoms with van der Waals surface area (Å²) in [5, 5.41) is 0. The second-order valence-corrected chi connectivity index (χ2v) is 7.98. The Kier molecular flexibility index (Phi) is 5.65. The zero-order valence-corrected chi connectivity index (χ0v) is 17.8. The molecule has 2 heterocycles. The van der Waals surface area contributed by atoms with Crippen LogP contribution in [0.25, 0.3) is 22.1 Å². The smallest absolute Gasteiger partial charge is 0.123 e. The van der Waals surface area contributed by atoms with Gasteiger partial charge in [0.2, 0.25) is 0 Å². The second-order valence-electron chi connectivity index (χ2n) is 7.98. The Hall–Kier alpha value is -2.70. The zero-order chi connectivity index (χ0) is 20.4. The molecule has 6 nitrogen and oxygen atoms in total. The highest BCUT2D eigenvalue weighted by molar-refractivity contribution is 5.76. The van der Waals surface area contributed by atoms with Gasteiger partial charge in [0, 0.05) is 14.1 Å². The molecule has 0 unspecified atom stereocenters. The Morgan fingerprint density at radius 1 is 0.690 bits per heavy atom. The molecule has 0 bridgehead atoms. The summed E-state index contributed by atoms with van der Waals surface area (Å²) in [6.07, 6.45) is 1.11. The Morgan fingerprint density at radius 3 is 1.52 bits per heavy atom. The minimum atomic E-state index is 0.861. The lowest BCUT2D eigenvalue weighted by atomic mass is 10.3. The van der Waals surface area contributed by atoms with E-state index in [1.54, 1.807) is 0 Å². The van der Waals surface area contributed by atoms with E-state index in [9.17, 15) is 0 Å². The van der Waals surface area contributed by atoms with Crippen LogP contribution in [0.1, 0.15) is 18.1 Å². The van der Waals surface area contributed by atoms with Crippen LogP contribution in [-0.2, 0) is 27.2 Å². The highest BCUT2D eigenvalue weighted by Gasteiger charge is 2.11. The predicted molar refractivity (Wildman–Crippen MR) is 119 cm³/mol. The summed E-state index contributed by atoms with van der Waals surface area (Å²) < 4.78 is 4.40. The van der Waals surface area contributed by atoms with Gasteiger partial charge in [0.1, 0.15) is 11.6 Å². The van der Waals surface area contributed by atoms with Crippen LogP contribution in [0.4, 0.5) is 0 Å². The zero-order valence-electron chi connectivity index (χ0n) is 17.8. The number of aryl methyl sites for hydroxylation is 2. The van der Waals surface area contributed by atoms with Crippen LogP contribution in [0.15, 0.2) is 48.5 Å². The van der Waals surface area contributed by atoms with Crippen LogP contribution in [0.3, 0.4) is 0 Å². The average molecular weight is 391 g/mol. The molecular formula is C23H30N6. The monoisotopic (exact) mass is 390 g/mol. The fourth-order valence-electron chi connectivity index (χ4n) is 3.93. The normalized spacial score (nSPS) is 12.1. The van der Waals surface area contributed by atoms with E-state index in [4.69, 9.17) is 9.97 Å². The third-order valence-electron chi connectivity index (χ3n) is 5.66. The van der Waals surface area contributed by atoms with Gasteiger partial charge >= 0.3 is 0 Å². The van der Waals surface area contributed by atoms with Gasteiger partial charge in [-0.1, -0.05) is 24.3 Å². The Morgan fingerprint density at radius 2 is 1.10 bits per heavy atom. The third kappa shape index (κ3) is 4.18. The molecule has 4 rings (SSSR count). The van der Waals surface area contributed by atoms with Crippen LogP contribution in [0, 0.1) is 0 Å². The van der Waals surface area contributed by atoms with Gasteiger partial charge in [-0.2, -0.15) is 0 Å². The summed E-state index contributed by atoms with van der Waals surface area (Å²) in [5.41, 5.74) is 4.53. The Bertz CT molecular complexity index is 1020. The molecule has 0 atom stereocenters.